The third-order valence-corrected chi connectivity index (χ3v) is 6.45. The average molecular weight is 530 g/mol. The number of hydrogen-bond acceptors (Lipinski definition) is 0. The van der Waals surface area contributed by atoms with E-state index in [2.05, 4.69) is 143 Å². The summed E-state index contributed by atoms with van der Waals surface area (Å²) in [6, 6.07) is 16.7. The molecule has 0 saturated carbocycles. The largest absolute Gasteiger partial charge is 0.129 e. The third kappa shape index (κ3) is 7.61. The molecule has 0 N–H and O–H groups in total. The van der Waals surface area contributed by atoms with Crippen molar-refractivity contribution < 1.29 is 0 Å². The van der Waals surface area contributed by atoms with Gasteiger partial charge in [0.1, 0.15) is 16.1 Å². The number of allylic oxidation sites excluding steroid dienone is 2. The Labute approximate surface area is 189 Å². The third-order valence-electron chi connectivity index (χ3n) is 3.64. The van der Waals surface area contributed by atoms with E-state index < -0.39 is 16.1 Å². The average Bonchev–Trinajstić information content (AvgIpc) is 2.58. The van der Waals surface area contributed by atoms with E-state index in [1.165, 1.54) is 0 Å². The second kappa shape index (κ2) is 9.46. The van der Waals surface area contributed by atoms with Crippen molar-refractivity contribution in [2.45, 2.75) is 39.3 Å². The van der Waals surface area contributed by atoms with E-state index in [0.717, 1.165) is 31.2 Å². The van der Waals surface area contributed by atoms with Gasteiger partial charge in [0.25, 0.3) is 0 Å². The molecule has 2 aromatic carbocycles. The smallest absolute Gasteiger partial charge is 0.127 e. The van der Waals surface area contributed by atoms with Gasteiger partial charge in [0.2, 0.25) is 0 Å². The lowest BCUT2D eigenvalue weighted by molar-refractivity contribution is 1.57. The van der Waals surface area contributed by atoms with E-state index >= 15 is 0 Å². The van der Waals surface area contributed by atoms with E-state index in [1.54, 1.807) is 0 Å². The van der Waals surface area contributed by atoms with Crippen LogP contribution < -0.4 is 0 Å². The highest BCUT2D eigenvalue weighted by atomic mass is 79.9. The first-order valence-electron chi connectivity index (χ1n) is 9.27. The Balaban J connectivity index is 2.83. The topological polar surface area (TPSA) is 0 Å². The highest BCUT2D eigenvalue weighted by Gasteiger charge is 2.14. The predicted molar refractivity (Wildman–Crippen MR) is 137 cm³/mol. The van der Waals surface area contributed by atoms with Crippen LogP contribution in [0.1, 0.15) is 11.1 Å². The van der Waals surface area contributed by atoms with Crippen molar-refractivity contribution in [3.63, 3.8) is 0 Å². The minimum absolute atomic E-state index is 1.02. The molecule has 0 fully saturated rings. The van der Waals surface area contributed by atoms with Gasteiger partial charge in [-0.15, -0.1) is 11.1 Å². The first-order valence-corrected chi connectivity index (χ1v) is 17.9. The zero-order valence-electron chi connectivity index (χ0n) is 17.4. The molecule has 0 spiro atoms. The molecule has 0 atom stereocenters. The summed E-state index contributed by atoms with van der Waals surface area (Å²) in [5.74, 6) is 7.04. The number of benzene rings is 2. The first-order chi connectivity index (χ1) is 12.9. The van der Waals surface area contributed by atoms with Gasteiger partial charge in [-0.25, -0.2) is 0 Å². The van der Waals surface area contributed by atoms with E-state index in [9.17, 15) is 0 Å². The molecule has 0 aromatic heterocycles. The van der Waals surface area contributed by atoms with Crippen molar-refractivity contribution in [3.05, 3.63) is 68.6 Å². The van der Waals surface area contributed by atoms with E-state index in [0.29, 0.717) is 0 Å². The van der Waals surface area contributed by atoms with Gasteiger partial charge in [-0.1, -0.05) is 107 Å². The molecule has 0 unspecified atom stereocenters. The maximum atomic E-state index is 3.55. The second-order valence-electron chi connectivity index (χ2n) is 8.76. The summed E-state index contributed by atoms with van der Waals surface area (Å²) in [5, 5.41) is 0. The van der Waals surface area contributed by atoms with Gasteiger partial charge in [0.05, 0.1) is 0 Å². The molecule has 0 nitrogen and oxygen atoms in total. The van der Waals surface area contributed by atoms with Crippen molar-refractivity contribution in [2.75, 3.05) is 0 Å². The standard InChI is InChI=1S/C24H26Br2Si2/c1-27(2,3)17-15-23(19-7-11-21(25)12-8-19)24(16-18-28(4,5)6)20-9-13-22(26)14-10-20/h7-14H,1-6H3/b24-23+. The summed E-state index contributed by atoms with van der Waals surface area (Å²) in [4.78, 5) is 0. The van der Waals surface area contributed by atoms with Gasteiger partial charge >= 0.3 is 0 Å². The van der Waals surface area contributed by atoms with Crippen molar-refractivity contribution in [1.82, 2.24) is 0 Å². The normalized spacial score (nSPS) is 12.3. The van der Waals surface area contributed by atoms with Crippen LogP contribution in [0.3, 0.4) is 0 Å². The molecule has 144 valence electrons. The fourth-order valence-electron chi connectivity index (χ4n) is 2.29. The second-order valence-corrected chi connectivity index (χ2v) is 20.1. The highest BCUT2D eigenvalue weighted by molar-refractivity contribution is 9.10. The summed E-state index contributed by atoms with van der Waals surface area (Å²) < 4.78 is 2.12. The Bertz CT molecular complexity index is 897. The molecule has 0 amide bonds. The molecule has 0 bridgehead atoms. The Hall–Kier alpha value is -1.31. The van der Waals surface area contributed by atoms with Gasteiger partial charge < -0.3 is 0 Å². The molecular formula is C24H26Br2Si2. The first kappa shape index (κ1) is 23.0. The van der Waals surface area contributed by atoms with Gasteiger partial charge in [-0.3, -0.25) is 0 Å². The lowest BCUT2D eigenvalue weighted by Crippen LogP contribution is -2.17. The summed E-state index contributed by atoms with van der Waals surface area (Å²) in [7, 11) is -3.06. The number of rotatable bonds is 2. The van der Waals surface area contributed by atoms with Crippen molar-refractivity contribution in [3.8, 4) is 22.9 Å². The molecule has 0 aliphatic carbocycles. The van der Waals surface area contributed by atoms with Crippen LogP contribution in [0.15, 0.2) is 57.5 Å². The van der Waals surface area contributed by atoms with Crippen LogP contribution in [-0.2, 0) is 0 Å². The molecule has 4 heteroatoms. The van der Waals surface area contributed by atoms with Gasteiger partial charge in [0.15, 0.2) is 0 Å². The van der Waals surface area contributed by atoms with Crippen LogP contribution in [0.2, 0.25) is 39.3 Å². The predicted octanol–water partition coefficient (Wildman–Crippen LogP) is 7.88. The van der Waals surface area contributed by atoms with Crippen molar-refractivity contribution >= 4 is 59.2 Å². The van der Waals surface area contributed by atoms with E-state index in [1.807, 2.05) is 0 Å². The monoisotopic (exact) mass is 528 g/mol. The SMILES string of the molecule is C[Si](C)(C)C#C/C(=C(/C#C[Si](C)(C)C)c1ccc(Br)cc1)c1ccc(Br)cc1. The van der Waals surface area contributed by atoms with Crippen LogP contribution in [-0.4, -0.2) is 16.1 Å². The van der Waals surface area contributed by atoms with Gasteiger partial charge in [-0.05, 0) is 35.4 Å². The Morgan fingerprint density at radius 3 is 1.11 bits per heavy atom. The van der Waals surface area contributed by atoms with Crippen LogP contribution >= 0.6 is 31.9 Å². The van der Waals surface area contributed by atoms with Crippen LogP contribution in [0, 0.1) is 22.9 Å². The Morgan fingerprint density at radius 1 is 0.571 bits per heavy atom. The molecule has 0 radical (unpaired) electrons. The fourth-order valence-corrected chi connectivity index (χ4v) is 3.82. The fraction of sp³-hybridized carbons (Fsp3) is 0.250. The molecule has 0 aliphatic rings. The lowest BCUT2D eigenvalue weighted by atomic mass is 9.95. The molecular weight excluding hydrogens is 504 g/mol. The molecule has 2 aromatic rings. The van der Waals surface area contributed by atoms with Gasteiger partial charge in [-0.2, -0.15) is 0 Å². The van der Waals surface area contributed by atoms with Crippen LogP contribution in [0.4, 0.5) is 0 Å². The van der Waals surface area contributed by atoms with Crippen LogP contribution in [0.5, 0.6) is 0 Å². The number of hydrogen-bond donors (Lipinski definition) is 0. The molecule has 0 heterocycles. The Morgan fingerprint density at radius 2 is 0.857 bits per heavy atom. The minimum Gasteiger partial charge on any atom is -0.127 e. The maximum absolute atomic E-state index is 3.55. The quantitative estimate of drug-likeness (QED) is 0.211. The zero-order valence-corrected chi connectivity index (χ0v) is 22.5. The maximum Gasteiger partial charge on any atom is 0.129 e. The zero-order chi connectivity index (χ0) is 20.9. The van der Waals surface area contributed by atoms with Crippen molar-refractivity contribution in [1.29, 1.82) is 0 Å². The highest BCUT2D eigenvalue weighted by Crippen LogP contribution is 2.28. The molecule has 2 rings (SSSR count). The molecule has 28 heavy (non-hydrogen) atoms. The summed E-state index contributed by atoms with van der Waals surface area (Å²) in [6.07, 6.45) is 0. The number of halogens is 2. The summed E-state index contributed by atoms with van der Waals surface area (Å²) in [5.41, 5.74) is 11.3. The lowest BCUT2D eigenvalue weighted by Gasteiger charge is -2.11. The summed E-state index contributed by atoms with van der Waals surface area (Å²) in [6.45, 7) is 13.6. The minimum atomic E-state index is -1.53. The van der Waals surface area contributed by atoms with Crippen molar-refractivity contribution in [2.24, 2.45) is 0 Å². The summed E-state index contributed by atoms with van der Waals surface area (Å²) >= 11 is 7.08. The van der Waals surface area contributed by atoms with E-state index in [-0.39, 0.29) is 0 Å². The van der Waals surface area contributed by atoms with Gasteiger partial charge in [0, 0.05) is 20.1 Å². The Kier molecular flexibility index (Phi) is 7.76. The van der Waals surface area contributed by atoms with Crippen LogP contribution in [0.25, 0.3) is 11.1 Å². The molecule has 0 aliphatic heterocycles. The molecule has 0 saturated heterocycles. The van der Waals surface area contributed by atoms with E-state index in [4.69, 9.17) is 0 Å².